The number of anilines is 2. The second-order valence-electron chi connectivity index (χ2n) is 4.62. The molecule has 0 saturated carbocycles. The number of nitrogens with two attached hydrogens (primary N) is 1. The number of nitrogens with zero attached hydrogens (tertiary/aromatic N) is 3. The zero-order valence-corrected chi connectivity index (χ0v) is 10.1. The van der Waals surface area contributed by atoms with Gasteiger partial charge < -0.3 is 16.0 Å². The zero-order chi connectivity index (χ0) is 11.5. The Morgan fingerprint density at radius 2 is 2.31 bits per heavy atom. The SMILES string of the molecule is CN1CCCCC1CNc1nn(C)cc1N. The van der Waals surface area contributed by atoms with E-state index in [2.05, 4.69) is 22.4 Å². The van der Waals surface area contributed by atoms with E-state index < -0.39 is 0 Å². The molecule has 5 nitrogen and oxygen atoms in total. The fraction of sp³-hybridized carbons (Fsp3) is 0.727. The van der Waals surface area contributed by atoms with Gasteiger partial charge in [0.1, 0.15) is 0 Å². The first-order valence-electron chi connectivity index (χ1n) is 5.90. The van der Waals surface area contributed by atoms with Crippen LogP contribution in [-0.4, -0.2) is 40.9 Å². The summed E-state index contributed by atoms with van der Waals surface area (Å²) in [5.74, 6) is 0.807. The van der Waals surface area contributed by atoms with Gasteiger partial charge in [0.2, 0.25) is 0 Å². The highest BCUT2D eigenvalue weighted by Gasteiger charge is 2.18. The molecule has 3 N–H and O–H groups in total. The highest BCUT2D eigenvalue weighted by Crippen LogP contribution is 2.18. The minimum Gasteiger partial charge on any atom is -0.394 e. The summed E-state index contributed by atoms with van der Waals surface area (Å²) in [5, 5.41) is 7.62. The maximum absolute atomic E-state index is 5.83. The molecule has 0 bridgehead atoms. The number of hydrogen-bond acceptors (Lipinski definition) is 4. The van der Waals surface area contributed by atoms with E-state index >= 15 is 0 Å². The second-order valence-corrected chi connectivity index (χ2v) is 4.62. The summed E-state index contributed by atoms with van der Waals surface area (Å²) in [4.78, 5) is 2.41. The first kappa shape index (κ1) is 11.3. The third-order valence-electron chi connectivity index (χ3n) is 3.28. The molecular formula is C11H21N5. The molecule has 1 aliphatic heterocycles. The highest BCUT2D eigenvalue weighted by molar-refractivity contribution is 5.59. The molecule has 1 aliphatic rings. The van der Waals surface area contributed by atoms with Gasteiger partial charge in [0.25, 0.3) is 0 Å². The molecule has 1 aromatic rings. The summed E-state index contributed by atoms with van der Waals surface area (Å²) in [6.07, 6.45) is 5.73. The van der Waals surface area contributed by atoms with Crippen LogP contribution in [0.25, 0.3) is 0 Å². The normalized spacial score (nSPS) is 22.2. The third-order valence-corrected chi connectivity index (χ3v) is 3.28. The summed E-state index contributed by atoms with van der Waals surface area (Å²) in [6, 6.07) is 0.607. The quantitative estimate of drug-likeness (QED) is 0.799. The number of likely N-dealkylation sites (tertiary alicyclic amines) is 1. The summed E-state index contributed by atoms with van der Waals surface area (Å²) < 4.78 is 1.74. The predicted molar refractivity (Wildman–Crippen MR) is 66.4 cm³/mol. The molecule has 0 aliphatic carbocycles. The molecule has 1 atom stereocenters. The molecule has 16 heavy (non-hydrogen) atoms. The topological polar surface area (TPSA) is 59.1 Å². The standard InChI is InChI=1S/C11H21N5/c1-15-6-4-3-5-9(15)7-13-11-10(12)8-16(2)14-11/h8-9H,3-7,12H2,1-2H3,(H,13,14). The Labute approximate surface area is 96.6 Å². The molecule has 1 unspecified atom stereocenters. The number of aromatic nitrogens is 2. The molecular weight excluding hydrogens is 202 g/mol. The molecule has 1 fully saturated rings. The van der Waals surface area contributed by atoms with Crippen molar-refractivity contribution in [2.75, 3.05) is 31.2 Å². The smallest absolute Gasteiger partial charge is 0.171 e. The molecule has 1 saturated heterocycles. The van der Waals surface area contributed by atoms with Crippen molar-refractivity contribution in [1.82, 2.24) is 14.7 Å². The average molecular weight is 223 g/mol. The van der Waals surface area contributed by atoms with Crippen molar-refractivity contribution in [3.05, 3.63) is 6.20 Å². The van der Waals surface area contributed by atoms with Gasteiger partial charge in [-0.3, -0.25) is 4.68 Å². The number of hydrogen-bond donors (Lipinski definition) is 2. The number of likely N-dealkylation sites (N-methyl/N-ethyl adjacent to an activating group) is 1. The Balaban J connectivity index is 1.89. The lowest BCUT2D eigenvalue weighted by Crippen LogP contribution is -2.40. The molecule has 0 amide bonds. The minimum absolute atomic E-state index is 0.607. The molecule has 0 radical (unpaired) electrons. The first-order chi connectivity index (χ1) is 7.66. The average Bonchev–Trinajstić information content (AvgIpc) is 2.56. The van der Waals surface area contributed by atoms with Gasteiger partial charge in [-0.25, -0.2) is 0 Å². The Morgan fingerprint density at radius 3 is 2.94 bits per heavy atom. The van der Waals surface area contributed by atoms with E-state index in [9.17, 15) is 0 Å². The van der Waals surface area contributed by atoms with Crippen LogP contribution in [0.5, 0.6) is 0 Å². The second kappa shape index (κ2) is 4.74. The van der Waals surface area contributed by atoms with Crippen molar-refractivity contribution in [3.63, 3.8) is 0 Å². The van der Waals surface area contributed by atoms with Crippen molar-refractivity contribution in [1.29, 1.82) is 0 Å². The van der Waals surface area contributed by atoms with E-state index in [1.165, 1.54) is 25.8 Å². The highest BCUT2D eigenvalue weighted by atomic mass is 15.3. The Kier molecular flexibility index (Phi) is 3.33. The molecule has 2 heterocycles. The lowest BCUT2D eigenvalue weighted by molar-refractivity contribution is 0.194. The Hall–Kier alpha value is -1.23. The minimum atomic E-state index is 0.607. The lowest BCUT2D eigenvalue weighted by Gasteiger charge is -2.32. The zero-order valence-electron chi connectivity index (χ0n) is 10.1. The van der Waals surface area contributed by atoms with Gasteiger partial charge in [-0.1, -0.05) is 6.42 Å². The van der Waals surface area contributed by atoms with Crippen LogP contribution in [0.2, 0.25) is 0 Å². The van der Waals surface area contributed by atoms with Crippen LogP contribution in [0.4, 0.5) is 11.5 Å². The molecule has 2 rings (SSSR count). The van der Waals surface area contributed by atoms with Crippen LogP contribution < -0.4 is 11.1 Å². The summed E-state index contributed by atoms with van der Waals surface area (Å²) in [7, 11) is 4.07. The van der Waals surface area contributed by atoms with Crippen molar-refractivity contribution in [3.8, 4) is 0 Å². The van der Waals surface area contributed by atoms with Gasteiger partial charge in [-0.15, -0.1) is 0 Å². The number of aryl methyl sites for hydroxylation is 1. The maximum Gasteiger partial charge on any atom is 0.171 e. The van der Waals surface area contributed by atoms with Gasteiger partial charge in [0.05, 0.1) is 5.69 Å². The summed E-state index contributed by atoms with van der Waals surface area (Å²) in [5.41, 5.74) is 6.56. The Bertz CT molecular complexity index is 346. The summed E-state index contributed by atoms with van der Waals surface area (Å²) >= 11 is 0. The van der Waals surface area contributed by atoms with E-state index in [4.69, 9.17) is 5.73 Å². The van der Waals surface area contributed by atoms with Crippen LogP contribution >= 0.6 is 0 Å². The lowest BCUT2D eigenvalue weighted by atomic mass is 10.0. The van der Waals surface area contributed by atoms with E-state index in [1.54, 1.807) is 4.68 Å². The molecule has 1 aromatic heterocycles. The predicted octanol–water partition coefficient (Wildman–Crippen LogP) is 0.898. The molecule has 0 aromatic carbocycles. The number of rotatable bonds is 3. The van der Waals surface area contributed by atoms with Crippen molar-refractivity contribution < 1.29 is 0 Å². The van der Waals surface area contributed by atoms with Crippen molar-refractivity contribution >= 4 is 11.5 Å². The fourth-order valence-corrected chi connectivity index (χ4v) is 2.26. The summed E-state index contributed by atoms with van der Waals surface area (Å²) in [6.45, 7) is 2.13. The number of piperidine rings is 1. The first-order valence-corrected chi connectivity index (χ1v) is 5.90. The van der Waals surface area contributed by atoms with E-state index in [0.29, 0.717) is 6.04 Å². The number of nitrogen functional groups attached to an aromatic ring is 1. The molecule has 0 spiro atoms. The van der Waals surface area contributed by atoms with Crippen LogP contribution in [0, 0.1) is 0 Å². The van der Waals surface area contributed by atoms with Crippen molar-refractivity contribution in [2.45, 2.75) is 25.3 Å². The van der Waals surface area contributed by atoms with Gasteiger partial charge in [-0.05, 0) is 26.4 Å². The largest absolute Gasteiger partial charge is 0.394 e. The van der Waals surface area contributed by atoms with Gasteiger partial charge in [-0.2, -0.15) is 5.10 Å². The van der Waals surface area contributed by atoms with Crippen LogP contribution in [0.15, 0.2) is 6.20 Å². The molecule has 90 valence electrons. The van der Waals surface area contributed by atoms with Gasteiger partial charge in [0, 0.05) is 25.8 Å². The fourth-order valence-electron chi connectivity index (χ4n) is 2.26. The van der Waals surface area contributed by atoms with E-state index in [-0.39, 0.29) is 0 Å². The van der Waals surface area contributed by atoms with E-state index in [0.717, 1.165) is 18.1 Å². The van der Waals surface area contributed by atoms with Crippen molar-refractivity contribution in [2.24, 2.45) is 7.05 Å². The Morgan fingerprint density at radius 1 is 1.50 bits per heavy atom. The monoisotopic (exact) mass is 223 g/mol. The third kappa shape index (κ3) is 2.47. The van der Waals surface area contributed by atoms with Gasteiger partial charge >= 0.3 is 0 Å². The number of nitrogens with one attached hydrogen (secondary N) is 1. The van der Waals surface area contributed by atoms with Gasteiger partial charge in [0.15, 0.2) is 5.82 Å². The molecule has 5 heteroatoms. The van der Waals surface area contributed by atoms with Crippen LogP contribution in [0.1, 0.15) is 19.3 Å². The maximum atomic E-state index is 5.83. The van der Waals surface area contributed by atoms with Crippen LogP contribution in [-0.2, 0) is 7.05 Å². The van der Waals surface area contributed by atoms with E-state index in [1.807, 2.05) is 13.2 Å². The van der Waals surface area contributed by atoms with Crippen LogP contribution in [0.3, 0.4) is 0 Å².